The number of aliphatic hydroxyl groups is 1. The Morgan fingerprint density at radius 3 is 3.00 bits per heavy atom. The van der Waals surface area contributed by atoms with E-state index in [1.54, 1.807) is 6.92 Å². The predicted molar refractivity (Wildman–Crippen MR) is 64.6 cm³/mol. The second-order valence-corrected chi connectivity index (χ2v) is 4.53. The van der Waals surface area contributed by atoms with E-state index >= 15 is 0 Å². The van der Waals surface area contributed by atoms with Crippen molar-refractivity contribution in [1.29, 1.82) is 5.26 Å². The van der Waals surface area contributed by atoms with Gasteiger partial charge in [-0.1, -0.05) is 0 Å². The highest BCUT2D eigenvalue weighted by Gasteiger charge is 2.39. The molecular weight excluding hydrogens is 235 g/mol. The molecule has 0 aromatic heterocycles. The van der Waals surface area contributed by atoms with Crippen molar-refractivity contribution in [2.75, 3.05) is 18.5 Å². The van der Waals surface area contributed by atoms with E-state index in [0.29, 0.717) is 13.0 Å². The summed E-state index contributed by atoms with van der Waals surface area (Å²) in [7, 11) is 0. The van der Waals surface area contributed by atoms with Gasteiger partial charge in [0.1, 0.15) is 11.4 Å². The summed E-state index contributed by atoms with van der Waals surface area (Å²) < 4.78 is 18.9. The van der Waals surface area contributed by atoms with Crippen molar-refractivity contribution in [3.63, 3.8) is 0 Å². The van der Waals surface area contributed by atoms with Gasteiger partial charge in [-0.25, -0.2) is 4.39 Å². The summed E-state index contributed by atoms with van der Waals surface area (Å²) in [4.78, 5) is 0. The van der Waals surface area contributed by atoms with Crippen molar-refractivity contribution in [2.24, 2.45) is 0 Å². The summed E-state index contributed by atoms with van der Waals surface area (Å²) in [5, 5.41) is 21.8. The second kappa shape index (κ2) is 4.92. The van der Waals surface area contributed by atoms with E-state index < -0.39 is 11.4 Å². The van der Waals surface area contributed by atoms with E-state index in [1.807, 2.05) is 6.07 Å². The van der Waals surface area contributed by atoms with Crippen LogP contribution in [0.3, 0.4) is 0 Å². The molecule has 2 atom stereocenters. The summed E-state index contributed by atoms with van der Waals surface area (Å²) in [5.74, 6) is -0.496. The molecule has 1 heterocycles. The van der Waals surface area contributed by atoms with Gasteiger partial charge in [-0.05, 0) is 25.1 Å². The fourth-order valence-electron chi connectivity index (χ4n) is 1.98. The van der Waals surface area contributed by atoms with Gasteiger partial charge >= 0.3 is 0 Å². The van der Waals surface area contributed by atoms with Crippen LogP contribution in [0.5, 0.6) is 0 Å². The molecule has 96 valence electrons. The zero-order valence-corrected chi connectivity index (χ0v) is 10.1. The van der Waals surface area contributed by atoms with Crippen molar-refractivity contribution < 1.29 is 14.2 Å². The van der Waals surface area contributed by atoms with Crippen LogP contribution in [0.15, 0.2) is 18.2 Å². The van der Waals surface area contributed by atoms with E-state index in [0.717, 1.165) is 0 Å². The van der Waals surface area contributed by atoms with Crippen LogP contribution >= 0.6 is 0 Å². The minimum Gasteiger partial charge on any atom is -0.385 e. The Bertz CT molecular complexity index is 486. The van der Waals surface area contributed by atoms with Crippen LogP contribution in [0, 0.1) is 17.1 Å². The third-order valence-electron chi connectivity index (χ3n) is 3.34. The Balaban J connectivity index is 2.05. The monoisotopic (exact) mass is 250 g/mol. The zero-order valence-electron chi connectivity index (χ0n) is 10.1. The van der Waals surface area contributed by atoms with Gasteiger partial charge in [0.05, 0.1) is 23.4 Å². The van der Waals surface area contributed by atoms with Gasteiger partial charge in [-0.2, -0.15) is 5.26 Å². The molecule has 2 rings (SSSR count). The number of hydrogen-bond donors (Lipinski definition) is 2. The topological polar surface area (TPSA) is 65.3 Å². The first-order valence-electron chi connectivity index (χ1n) is 5.83. The van der Waals surface area contributed by atoms with E-state index in [2.05, 4.69) is 5.32 Å². The SMILES string of the molecule is CC1OCCC1(O)CNc1ccc(C#N)cc1F. The molecule has 1 aromatic rings. The molecule has 0 bridgehead atoms. The lowest BCUT2D eigenvalue weighted by Crippen LogP contribution is -2.43. The molecule has 18 heavy (non-hydrogen) atoms. The first-order valence-corrected chi connectivity index (χ1v) is 5.83. The highest BCUT2D eigenvalue weighted by molar-refractivity contribution is 5.49. The van der Waals surface area contributed by atoms with Crippen molar-refractivity contribution >= 4 is 5.69 Å². The van der Waals surface area contributed by atoms with E-state index in [9.17, 15) is 9.50 Å². The lowest BCUT2D eigenvalue weighted by Gasteiger charge is -2.26. The Kier molecular flexibility index (Phi) is 3.50. The van der Waals surface area contributed by atoms with Gasteiger partial charge in [0.2, 0.25) is 0 Å². The molecule has 0 amide bonds. The third-order valence-corrected chi connectivity index (χ3v) is 3.34. The van der Waals surface area contributed by atoms with E-state index in [4.69, 9.17) is 10.00 Å². The van der Waals surface area contributed by atoms with Crippen LogP contribution in [0.4, 0.5) is 10.1 Å². The quantitative estimate of drug-likeness (QED) is 0.856. The summed E-state index contributed by atoms with van der Waals surface area (Å²) in [6, 6.07) is 6.07. The number of benzene rings is 1. The smallest absolute Gasteiger partial charge is 0.147 e. The normalized spacial score (nSPS) is 26.9. The van der Waals surface area contributed by atoms with Gasteiger partial charge in [0, 0.05) is 19.6 Å². The van der Waals surface area contributed by atoms with Crippen molar-refractivity contribution in [3.05, 3.63) is 29.6 Å². The number of nitriles is 1. The van der Waals surface area contributed by atoms with Crippen LogP contribution in [0.1, 0.15) is 18.9 Å². The predicted octanol–water partition coefficient (Wildman–Crippen LogP) is 1.65. The van der Waals surface area contributed by atoms with Crippen LogP contribution in [0.2, 0.25) is 0 Å². The molecule has 0 aliphatic carbocycles. The summed E-state index contributed by atoms with van der Waals surface area (Å²) >= 11 is 0. The van der Waals surface area contributed by atoms with Crippen LogP contribution in [-0.4, -0.2) is 30.0 Å². The molecule has 1 saturated heterocycles. The number of nitrogens with zero attached hydrogens (tertiary/aromatic N) is 1. The maximum absolute atomic E-state index is 13.6. The summed E-state index contributed by atoms with van der Waals surface area (Å²) in [6.07, 6.45) is 0.255. The van der Waals surface area contributed by atoms with Crippen molar-refractivity contribution in [2.45, 2.75) is 25.0 Å². The molecule has 4 nitrogen and oxygen atoms in total. The number of ether oxygens (including phenoxy) is 1. The van der Waals surface area contributed by atoms with E-state index in [1.165, 1.54) is 18.2 Å². The van der Waals surface area contributed by atoms with Crippen LogP contribution < -0.4 is 5.32 Å². The molecule has 0 radical (unpaired) electrons. The third kappa shape index (κ3) is 2.45. The van der Waals surface area contributed by atoms with Gasteiger partial charge in [0.25, 0.3) is 0 Å². The van der Waals surface area contributed by atoms with E-state index in [-0.39, 0.29) is 23.9 Å². The van der Waals surface area contributed by atoms with Gasteiger partial charge in [-0.15, -0.1) is 0 Å². The molecule has 1 aliphatic heterocycles. The highest BCUT2D eigenvalue weighted by Crippen LogP contribution is 2.26. The first kappa shape index (κ1) is 12.8. The summed E-state index contributed by atoms with van der Waals surface area (Å²) in [6.45, 7) is 2.52. The van der Waals surface area contributed by atoms with Crippen LogP contribution in [-0.2, 0) is 4.74 Å². The zero-order chi connectivity index (χ0) is 13.2. The minimum absolute atomic E-state index is 0.219. The lowest BCUT2D eigenvalue weighted by atomic mass is 9.96. The standard InChI is InChI=1S/C13H15FN2O2/c1-9-13(17,4-5-18-9)8-16-12-3-2-10(7-15)6-11(12)14/h2-3,6,9,16-17H,4-5,8H2,1H3. The molecule has 0 spiro atoms. The Hall–Kier alpha value is -1.64. The van der Waals surface area contributed by atoms with Crippen LogP contribution in [0.25, 0.3) is 0 Å². The lowest BCUT2D eigenvalue weighted by molar-refractivity contribution is -0.0176. The average Bonchev–Trinajstić information content (AvgIpc) is 2.68. The summed E-state index contributed by atoms with van der Waals surface area (Å²) in [5.41, 5.74) is -0.420. The van der Waals surface area contributed by atoms with Crippen molar-refractivity contribution in [1.82, 2.24) is 0 Å². The molecule has 1 aliphatic rings. The maximum atomic E-state index is 13.6. The largest absolute Gasteiger partial charge is 0.385 e. The number of rotatable bonds is 3. The molecule has 2 unspecified atom stereocenters. The van der Waals surface area contributed by atoms with Crippen molar-refractivity contribution in [3.8, 4) is 6.07 Å². The minimum atomic E-state index is -0.972. The van der Waals surface area contributed by atoms with Gasteiger partial charge < -0.3 is 15.2 Å². The Labute approximate surface area is 105 Å². The fraction of sp³-hybridized carbons (Fsp3) is 0.462. The van der Waals surface area contributed by atoms with Gasteiger partial charge in [-0.3, -0.25) is 0 Å². The molecule has 2 N–H and O–H groups in total. The molecule has 1 aromatic carbocycles. The number of hydrogen-bond acceptors (Lipinski definition) is 4. The average molecular weight is 250 g/mol. The molecular formula is C13H15FN2O2. The molecule has 1 fully saturated rings. The Morgan fingerprint density at radius 1 is 1.67 bits per heavy atom. The molecule has 0 saturated carbocycles. The Morgan fingerprint density at radius 2 is 2.44 bits per heavy atom. The highest BCUT2D eigenvalue weighted by atomic mass is 19.1. The molecule has 5 heteroatoms. The number of halogens is 1. The maximum Gasteiger partial charge on any atom is 0.147 e. The first-order chi connectivity index (χ1) is 8.55. The number of anilines is 1. The van der Waals surface area contributed by atoms with Gasteiger partial charge in [0.15, 0.2) is 0 Å². The number of nitrogens with one attached hydrogen (secondary N) is 1. The fourth-order valence-corrected chi connectivity index (χ4v) is 1.98. The second-order valence-electron chi connectivity index (χ2n) is 4.53.